The lowest BCUT2D eigenvalue weighted by atomic mass is 10.0. The maximum absolute atomic E-state index is 12.2. The molecule has 0 aliphatic carbocycles. The van der Waals surface area contributed by atoms with Gasteiger partial charge in [-0.3, -0.25) is 9.59 Å². The van der Waals surface area contributed by atoms with Gasteiger partial charge in [-0.15, -0.1) is 12.4 Å². The SMILES string of the molecule is CNC(C)CNC(=O)C(NC(=O)c1ccccc1)C(C)C.Cl. The smallest absolute Gasteiger partial charge is 0.251 e. The van der Waals surface area contributed by atoms with E-state index in [1.165, 1.54) is 0 Å². The topological polar surface area (TPSA) is 70.2 Å². The molecule has 6 heteroatoms. The second-order valence-electron chi connectivity index (χ2n) is 5.50. The second-order valence-corrected chi connectivity index (χ2v) is 5.50. The predicted octanol–water partition coefficient (Wildman–Crippen LogP) is 1.59. The van der Waals surface area contributed by atoms with Crippen LogP contribution >= 0.6 is 12.4 Å². The van der Waals surface area contributed by atoms with Crippen LogP contribution in [0.5, 0.6) is 0 Å². The molecule has 0 spiro atoms. The van der Waals surface area contributed by atoms with E-state index in [-0.39, 0.29) is 36.2 Å². The first-order valence-electron chi connectivity index (χ1n) is 7.26. The van der Waals surface area contributed by atoms with Crippen LogP contribution in [0.25, 0.3) is 0 Å². The molecular weight excluding hydrogens is 302 g/mol. The minimum atomic E-state index is -0.540. The van der Waals surface area contributed by atoms with Crippen molar-refractivity contribution >= 4 is 24.2 Å². The van der Waals surface area contributed by atoms with Gasteiger partial charge in [0.05, 0.1) is 0 Å². The molecule has 0 aliphatic rings. The molecule has 2 unspecified atom stereocenters. The van der Waals surface area contributed by atoms with Gasteiger partial charge >= 0.3 is 0 Å². The molecule has 22 heavy (non-hydrogen) atoms. The molecule has 1 rings (SSSR count). The van der Waals surface area contributed by atoms with Crippen molar-refractivity contribution in [2.24, 2.45) is 5.92 Å². The number of benzene rings is 1. The first kappa shape index (κ1) is 20.4. The molecule has 2 amide bonds. The van der Waals surface area contributed by atoms with Crippen molar-refractivity contribution < 1.29 is 9.59 Å². The standard InChI is InChI=1S/C16H25N3O2.ClH/c1-11(2)14(16(21)18-10-12(3)17-4)19-15(20)13-8-6-5-7-9-13;/h5-9,11-12,14,17H,10H2,1-4H3,(H,18,21)(H,19,20);1H. The fourth-order valence-electron chi connectivity index (χ4n) is 1.81. The molecule has 0 saturated carbocycles. The van der Waals surface area contributed by atoms with Crippen LogP contribution in [0.2, 0.25) is 0 Å². The molecule has 0 radical (unpaired) electrons. The fourth-order valence-corrected chi connectivity index (χ4v) is 1.81. The Morgan fingerprint density at radius 1 is 1.09 bits per heavy atom. The van der Waals surface area contributed by atoms with E-state index < -0.39 is 6.04 Å². The summed E-state index contributed by atoms with van der Waals surface area (Å²) >= 11 is 0. The largest absolute Gasteiger partial charge is 0.353 e. The number of likely N-dealkylation sites (N-methyl/N-ethyl adjacent to an activating group) is 1. The van der Waals surface area contributed by atoms with Crippen molar-refractivity contribution in [3.8, 4) is 0 Å². The number of hydrogen-bond donors (Lipinski definition) is 3. The van der Waals surface area contributed by atoms with Gasteiger partial charge in [-0.05, 0) is 32.0 Å². The van der Waals surface area contributed by atoms with Crippen LogP contribution in [0.4, 0.5) is 0 Å². The zero-order chi connectivity index (χ0) is 15.8. The van der Waals surface area contributed by atoms with Gasteiger partial charge in [0.15, 0.2) is 0 Å². The Labute approximate surface area is 138 Å². The molecule has 0 saturated heterocycles. The first-order valence-corrected chi connectivity index (χ1v) is 7.26. The van der Waals surface area contributed by atoms with E-state index in [2.05, 4.69) is 16.0 Å². The number of rotatable bonds is 7. The normalized spacial score (nSPS) is 13.0. The van der Waals surface area contributed by atoms with E-state index in [1.807, 2.05) is 33.9 Å². The predicted molar refractivity (Wildman–Crippen MR) is 91.3 cm³/mol. The summed E-state index contributed by atoms with van der Waals surface area (Å²) in [4.78, 5) is 24.4. The summed E-state index contributed by atoms with van der Waals surface area (Å²) in [6.45, 7) is 6.33. The van der Waals surface area contributed by atoms with Crippen molar-refractivity contribution in [1.29, 1.82) is 0 Å². The van der Waals surface area contributed by atoms with Gasteiger partial charge in [-0.2, -0.15) is 0 Å². The summed E-state index contributed by atoms with van der Waals surface area (Å²) in [5.74, 6) is -0.370. The summed E-state index contributed by atoms with van der Waals surface area (Å²) in [5.41, 5.74) is 0.555. The number of carbonyl (C=O) groups excluding carboxylic acids is 2. The average Bonchev–Trinajstić information content (AvgIpc) is 2.50. The van der Waals surface area contributed by atoms with Gasteiger partial charge < -0.3 is 16.0 Å². The van der Waals surface area contributed by atoms with E-state index in [1.54, 1.807) is 24.3 Å². The van der Waals surface area contributed by atoms with E-state index in [0.717, 1.165) is 0 Å². The number of hydrogen-bond acceptors (Lipinski definition) is 3. The zero-order valence-corrected chi connectivity index (χ0v) is 14.4. The van der Waals surface area contributed by atoms with Crippen LogP contribution in [0.3, 0.4) is 0 Å². The Bertz CT molecular complexity index is 466. The summed E-state index contributed by atoms with van der Waals surface area (Å²) < 4.78 is 0. The summed E-state index contributed by atoms with van der Waals surface area (Å²) in [6, 6.07) is 8.56. The van der Waals surface area contributed by atoms with Crippen LogP contribution in [0.15, 0.2) is 30.3 Å². The van der Waals surface area contributed by atoms with Gasteiger partial charge in [-0.1, -0.05) is 32.0 Å². The Balaban J connectivity index is 0.00000441. The third kappa shape index (κ3) is 6.45. The van der Waals surface area contributed by atoms with Crippen LogP contribution in [-0.4, -0.2) is 37.5 Å². The maximum Gasteiger partial charge on any atom is 0.251 e. The molecule has 3 N–H and O–H groups in total. The Morgan fingerprint density at radius 2 is 1.68 bits per heavy atom. The van der Waals surface area contributed by atoms with Gasteiger partial charge in [0.2, 0.25) is 5.91 Å². The zero-order valence-electron chi connectivity index (χ0n) is 13.6. The Hall–Kier alpha value is -1.59. The van der Waals surface area contributed by atoms with Gasteiger partial charge in [0, 0.05) is 18.2 Å². The van der Waals surface area contributed by atoms with Gasteiger partial charge in [0.25, 0.3) is 5.91 Å². The lowest BCUT2D eigenvalue weighted by molar-refractivity contribution is -0.124. The van der Waals surface area contributed by atoms with Crippen LogP contribution < -0.4 is 16.0 Å². The quantitative estimate of drug-likeness (QED) is 0.712. The number of amides is 2. The van der Waals surface area contributed by atoms with Crippen molar-refractivity contribution in [3.05, 3.63) is 35.9 Å². The van der Waals surface area contributed by atoms with Gasteiger partial charge in [0.1, 0.15) is 6.04 Å². The average molecular weight is 328 g/mol. The third-order valence-electron chi connectivity index (χ3n) is 3.35. The van der Waals surface area contributed by atoms with E-state index in [9.17, 15) is 9.59 Å². The molecule has 1 aromatic carbocycles. The summed E-state index contributed by atoms with van der Waals surface area (Å²) in [5, 5.41) is 8.71. The van der Waals surface area contributed by atoms with Crippen molar-refractivity contribution in [2.45, 2.75) is 32.9 Å². The molecule has 1 aromatic rings. The lowest BCUT2D eigenvalue weighted by Gasteiger charge is -2.22. The molecule has 0 bridgehead atoms. The Kier molecular flexibility index (Phi) is 9.45. The Morgan fingerprint density at radius 3 is 2.18 bits per heavy atom. The highest BCUT2D eigenvalue weighted by Gasteiger charge is 2.24. The molecule has 124 valence electrons. The van der Waals surface area contributed by atoms with Gasteiger partial charge in [-0.25, -0.2) is 0 Å². The summed E-state index contributed by atoms with van der Waals surface area (Å²) in [7, 11) is 1.84. The highest BCUT2D eigenvalue weighted by molar-refractivity contribution is 5.97. The molecular formula is C16H26ClN3O2. The van der Waals surface area contributed by atoms with E-state index in [4.69, 9.17) is 0 Å². The first-order chi connectivity index (χ1) is 9.95. The lowest BCUT2D eigenvalue weighted by Crippen LogP contribution is -2.51. The number of halogens is 1. The minimum absolute atomic E-state index is 0. The van der Waals surface area contributed by atoms with Crippen LogP contribution in [0, 0.1) is 5.92 Å². The fraction of sp³-hybridized carbons (Fsp3) is 0.500. The van der Waals surface area contributed by atoms with E-state index >= 15 is 0 Å². The summed E-state index contributed by atoms with van der Waals surface area (Å²) in [6.07, 6.45) is 0. The number of nitrogens with one attached hydrogen (secondary N) is 3. The van der Waals surface area contributed by atoms with Crippen LogP contribution in [-0.2, 0) is 4.79 Å². The maximum atomic E-state index is 12.2. The monoisotopic (exact) mass is 327 g/mol. The second kappa shape index (κ2) is 10.2. The molecule has 0 aromatic heterocycles. The van der Waals surface area contributed by atoms with Crippen molar-refractivity contribution in [3.63, 3.8) is 0 Å². The van der Waals surface area contributed by atoms with Crippen LogP contribution in [0.1, 0.15) is 31.1 Å². The molecule has 0 heterocycles. The molecule has 2 atom stereocenters. The molecule has 5 nitrogen and oxygen atoms in total. The molecule has 0 aliphatic heterocycles. The number of carbonyl (C=O) groups is 2. The third-order valence-corrected chi connectivity index (χ3v) is 3.35. The highest BCUT2D eigenvalue weighted by Crippen LogP contribution is 2.05. The highest BCUT2D eigenvalue weighted by atomic mass is 35.5. The minimum Gasteiger partial charge on any atom is -0.353 e. The van der Waals surface area contributed by atoms with Crippen molar-refractivity contribution in [2.75, 3.05) is 13.6 Å². The van der Waals surface area contributed by atoms with Crippen molar-refractivity contribution in [1.82, 2.24) is 16.0 Å². The van der Waals surface area contributed by atoms with E-state index in [0.29, 0.717) is 12.1 Å². The molecule has 0 fully saturated rings.